The van der Waals surface area contributed by atoms with E-state index in [1.807, 2.05) is 24.3 Å². The van der Waals surface area contributed by atoms with E-state index in [-0.39, 0.29) is 24.5 Å². The van der Waals surface area contributed by atoms with E-state index in [9.17, 15) is 9.59 Å². The molecule has 1 N–H and O–H groups in total. The Morgan fingerprint density at radius 1 is 1.19 bits per heavy atom. The molecule has 0 aliphatic rings. The summed E-state index contributed by atoms with van der Waals surface area (Å²) in [7, 11) is 0. The van der Waals surface area contributed by atoms with Crippen LogP contribution in [-0.2, 0) is 4.79 Å². The number of rotatable bonds is 5. The number of carbonyl (C=O) groups is 2. The average molecular weight is 317 g/mol. The third kappa shape index (κ3) is 3.32. The molecule has 1 aromatic carbocycles. The number of nitrogens with zero attached hydrogens (tertiary/aromatic N) is 2. The van der Waals surface area contributed by atoms with Crippen molar-refractivity contribution in [2.45, 2.75) is 12.8 Å². The topological polar surface area (TPSA) is 72.0 Å². The van der Waals surface area contributed by atoms with Crippen molar-refractivity contribution in [2.75, 3.05) is 5.32 Å². The Labute approximate surface area is 128 Å². The zero-order valence-electron chi connectivity index (χ0n) is 10.9. The van der Waals surface area contributed by atoms with Crippen LogP contribution in [0.1, 0.15) is 22.5 Å². The first kappa shape index (κ1) is 13.8. The maximum atomic E-state index is 11.9. The number of para-hydroxylation sites is 1. The van der Waals surface area contributed by atoms with Gasteiger partial charge in [-0.3, -0.25) is 14.6 Å². The molecule has 0 radical (unpaired) electrons. The number of carbonyl (C=O) groups excluding carboxylic acids is 2. The summed E-state index contributed by atoms with van der Waals surface area (Å²) in [6.45, 7) is 0. The van der Waals surface area contributed by atoms with Crippen LogP contribution in [0.25, 0.3) is 10.2 Å². The zero-order chi connectivity index (χ0) is 14.7. The fourth-order valence-corrected chi connectivity index (χ4v) is 3.28. The largest absolute Gasteiger partial charge is 0.302 e. The first-order valence-electron chi connectivity index (χ1n) is 6.29. The van der Waals surface area contributed by atoms with Crippen molar-refractivity contribution in [3.63, 3.8) is 0 Å². The molecule has 0 aliphatic carbocycles. The number of amides is 1. The van der Waals surface area contributed by atoms with E-state index in [1.54, 1.807) is 5.51 Å². The molecule has 1 amide bonds. The normalized spacial score (nSPS) is 10.7. The quantitative estimate of drug-likeness (QED) is 0.732. The highest BCUT2D eigenvalue weighted by Gasteiger charge is 2.12. The van der Waals surface area contributed by atoms with E-state index in [0.29, 0.717) is 10.0 Å². The van der Waals surface area contributed by atoms with Gasteiger partial charge < -0.3 is 5.32 Å². The van der Waals surface area contributed by atoms with Gasteiger partial charge in [-0.1, -0.05) is 23.5 Å². The number of benzene rings is 1. The number of ketones is 1. The van der Waals surface area contributed by atoms with Crippen molar-refractivity contribution < 1.29 is 9.59 Å². The highest BCUT2D eigenvalue weighted by atomic mass is 32.1. The molecule has 5 nitrogen and oxygen atoms in total. The summed E-state index contributed by atoms with van der Waals surface area (Å²) in [5, 5.41) is 3.30. The summed E-state index contributed by atoms with van der Waals surface area (Å²) in [5.41, 5.74) is 2.47. The Bertz CT molecular complexity index is 747. The van der Waals surface area contributed by atoms with Crippen molar-refractivity contribution in [3.05, 3.63) is 40.8 Å². The average Bonchev–Trinajstić information content (AvgIpc) is 3.13. The Morgan fingerprint density at radius 3 is 2.81 bits per heavy atom. The lowest BCUT2D eigenvalue weighted by Gasteiger charge is -2.00. The highest BCUT2D eigenvalue weighted by molar-refractivity contribution is 7.22. The van der Waals surface area contributed by atoms with Crippen molar-refractivity contribution in [2.24, 2.45) is 0 Å². The summed E-state index contributed by atoms with van der Waals surface area (Å²) in [6.07, 6.45) is 1.85. The van der Waals surface area contributed by atoms with Crippen molar-refractivity contribution >= 4 is 49.7 Å². The van der Waals surface area contributed by atoms with Gasteiger partial charge in [0.05, 0.1) is 20.6 Å². The minimum atomic E-state index is -0.202. The molecule has 2 aromatic heterocycles. The van der Waals surface area contributed by atoms with E-state index < -0.39 is 0 Å². The second kappa shape index (κ2) is 6.11. The van der Waals surface area contributed by atoms with Crippen LogP contribution in [0, 0.1) is 0 Å². The molecule has 0 bridgehead atoms. The lowest BCUT2D eigenvalue weighted by atomic mass is 10.2. The number of Topliss-reactive ketones (excluding diaryl/α,β-unsaturated/α-hetero) is 1. The molecule has 0 fully saturated rings. The molecular formula is C14H11N3O2S2. The second-order valence-corrected chi connectivity index (χ2v) is 6.24. The minimum absolute atomic E-state index is 0.0584. The molecule has 3 aromatic rings. The maximum absolute atomic E-state index is 11.9. The number of hydrogen-bond donors (Lipinski definition) is 1. The number of anilines is 1. The Hall–Kier alpha value is -2.12. The molecule has 106 valence electrons. The number of aromatic nitrogens is 2. The minimum Gasteiger partial charge on any atom is -0.302 e. The van der Waals surface area contributed by atoms with Crippen LogP contribution in [0.3, 0.4) is 0 Å². The van der Waals surface area contributed by atoms with E-state index in [1.165, 1.54) is 28.9 Å². The molecule has 3 rings (SSSR count). The molecule has 0 atom stereocenters. The van der Waals surface area contributed by atoms with Gasteiger partial charge in [0.25, 0.3) is 0 Å². The molecule has 0 saturated heterocycles. The number of nitrogens with one attached hydrogen (secondary N) is 1. The van der Waals surface area contributed by atoms with Gasteiger partial charge in [-0.2, -0.15) is 0 Å². The fourth-order valence-electron chi connectivity index (χ4n) is 1.81. The molecule has 21 heavy (non-hydrogen) atoms. The third-order valence-electron chi connectivity index (χ3n) is 2.83. The van der Waals surface area contributed by atoms with Gasteiger partial charge in [-0.15, -0.1) is 11.3 Å². The van der Waals surface area contributed by atoms with Gasteiger partial charge in [0.1, 0.15) is 0 Å². The maximum Gasteiger partial charge on any atom is 0.226 e. The lowest BCUT2D eigenvalue weighted by Crippen LogP contribution is -2.12. The molecule has 0 unspecified atom stereocenters. The van der Waals surface area contributed by atoms with Gasteiger partial charge in [-0.05, 0) is 12.1 Å². The van der Waals surface area contributed by atoms with E-state index in [2.05, 4.69) is 15.3 Å². The number of hydrogen-bond acceptors (Lipinski definition) is 6. The Morgan fingerprint density at radius 2 is 2.05 bits per heavy atom. The predicted octanol–water partition coefficient (Wildman–Crippen LogP) is 3.35. The van der Waals surface area contributed by atoms with Gasteiger partial charge >= 0.3 is 0 Å². The summed E-state index contributed by atoms with van der Waals surface area (Å²) in [4.78, 5) is 32.4. The van der Waals surface area contributed by atoms with Crippen LogP contribution < -0.4 is 5.32 Å². The van der Waals surface area contributed by atoms with Crippen molar-refractivity contribution in [3.8, 4) is 0 Å². The zero-order valence-corrected chi connectivity index (χ0v) is 12.5. The van der Waals surface area contributed by atoms with Crippen LogP contribution in [0.5, 0.6) is 0 Å². The molecule has 2 heterocycles. The second-order valence-electron chi connectivity index (χ2n) is 4.32. The van der Waals surface area contributed by atoms with Crippen LogP contribution in [0.15, 0.2) is 36.0 Å². The standard InChI is InChI=1S/C14H11N3O2S2/c18-10(12-7-15-8-20-12)5-6-13(19)17-14-16-9-3-1-2-4-11(9)21-14/h1-4,7-8H,5-6H2,(H,16,17,19). The molecule has 0 spiro atoms. The van der Waals surface area contributed by atoms with E-state index in [4.69, 9.17) is 0 Å². The smallest absolute Gasteiger partial charge is 0.226 e. The van der Waals surface area contributed by atoms with Crippen LogP contribution in [0.2, 0.25) is 0 Å². The summed E-state index contributed by atoms with van der Waals surface area (Å²) in [5.74, 6) is -0.260. The summed E-state index contributed by atoms with van der Waals surface area (Å²) >= 11 is 2.71. The first-order chi connectivity index (χ1) is 10.2. The van der Waals surface area contributed by atoms with E-state index >= 15 is 0 Å². The Kier molecular flexibility index (Phi) is 4.03. The lowest BCUT2D eigenvalue weighted by molar-refractivity contribution is -0.116. The van der Waals surface area contributed by atoms with Crippen LogP contribution >= 0.6 is 22.7 Å². The van der Waals surface area contributed by atoms with Crippen LogP contribution in [-0.4, -0.2) is 21.7 Å². The van der Waals surface area contributed by atoms with Gasteiger partial charge in [0.2, 0.25) is 5.91 Å². The van der Waals surface area contributed by atoms with Gasteiger partial charge in [-0.25, -0.2) is 4.98 Å². The molecule has 0 saturated carbocycles. The number of thiazole rings is 2. The Balaban J connectivity index is 1.57. The fraction of sp³-hybridized carbons (Fsp3) is 0.143. The monoisotopic (exact) mass is 317 g/mol. The van der Waals surface area contributed by atoms with Crippen molar-refractivity contribution in [1.29, 1.82) is 0 Å². The molecule has 7 heteroatoms. The van der Waals surface area contributed by atoms with Crippen LogP contribution in [0.4, 0.5) is 5.13 Å². The highest BCUT2D eigenvalue weighted by Crippen LogP contribution is 2.25. The third-order valence-corrected chi connectivity index (χ3v) is 4.59. The number of fused-ring (bicyclic) bond motifs is 1. The predicted molar refractivity (Wildman–Crippen MR) is 83.9 cm³/mol. The van der Waals surface area contributed by atoms with Gasteiger partial charge in [0.15, 0.2) is 10.9 Å². The van der Waals surface area contributed by atoms with Crippen molar-refractivity contribution in [1.82, 2.24) is 9.97 Å². The SMILES string of the molecule is O=C(CCC(=O)c1cncs1)Nc1nc2ccccc2s1. The first-order valence-corrected chi connectivity index (χ1v) is 7.99. The van der Waals surface area contributed by atoms with Gasteiger partial charge in [0, 0.05) is 19.0 Å². The molecule has 0 aliphatic heterocycles. The summed E-state index contributed by atoms with van der Waals surface area (Å²) < 4.78 is 1.02. The molecular weight excluding hydrogens is 306 g/mol. The summed E-state index contributed by atoms with van der Waals surface area (Å²) in [6, 6.07) is 7.69. The van der Waals surface area contributed by atoms with E-state index in [0.717, 1.165) is 10.2 Å².